The van der Waals surface area contributed by atoms with Gasteiger partial charge in [-0.05, 0) is 28.3 Å². The lowest BCUT2D eigenvalue weighted by Gasteiger charge is -2.19. The number of benzene rings is 3. The van der Waals surface area contributed by atoms with Gasteiger partial charge in [0, 0.05) is 49.7 Å². The zero-order valence-corrected chi connectivity index (χ0v) is 20.4. The Balaban J connectivity index is 1.32. The first-order chi connectivity index (χ1) is 17.5. The molecule has 0 aliphatic rings. The van der Waals surface area contributed by atoms with Crippen LogP contribution >= 0.6 is 0 Å². The molecule has 0 saturated heterocycles. The maximum absolute atomic E-state index is 12.9. The van der Waals surface area contributed by atoms with E-state index in [1.54, 1.807) is 24.7 Å². The highest BCUT2D eigenvalue weighted by Crippen LogP contribution is 2.18. The van der Waals surface area contributed by atoms with Gasteiger partial charge in [-0.1, -0.05) is 67.9 Å². The topological polar surface area (TPSA) is 102 Å². The number of nitrogens with zero attached hydrogens (tertiary/aromatic N) is 3. The lowest BCUT2D eigenvalue weighted by atomic mass is 10.0. The Hall–Kier alpha value is -4.04. The van der Waals surface area contributed by atoms with E-state index in [1.807, 2.05) is 10.6 Å². The molecular formula is C28H31N5O3. The third kappa shape index (κ3) is 6.55. The van der Waals surface area contributed by atoms with E-state index in [0.717, 1.165) is 30.6 Å². The molecule has 4 aromatic rings. The summed E-state index contributed by atoms with van der Waals surface area (Å²) in [7, 11) is 0. The second-order valence-corrected chi connectivity index (χ2v) is 8.94. The van der Waals surface area contributed by atoms with Crippen molar-refractivity contribution < 1.29 is 9.72 Å². The Labute approximate surface area is 210 Å². The molecule has 0 radical (unpaired) electrons. The number of aromatic nitrogens is 2. The predicted molar refractivity (Wildman–Crippen MR) is 141 cm³/mol. The minimum Gasteiger partial charge on any atom is -0.352 e. The summed E-state index contributed by atoms with van der Waals surface area (Å²) >= 11 is 0. The summed E-state index contributed by atoms with van der Waals surface area (Å²) in [5.74, 6) is -0.0501. The van der Waals surface area contributed by atoms with E-state index in [-0.39, 0.29) is 24.1 Å². The average Bonchev–Trinajstić information content (AvgIpc) is 3.30. The molecule has 36 heavy (non-hydrogen) atoms. The number of carbonyl (C=O) groups is 1. The van der Waals surface area contributed by atoms with Gasteiger partial charge in [-0.3, -0.25) is 14.9 Å². The minimum atomic E-state index is -0.416. The number of nitro groups is 1. The van der Waals surface area contributed by atoms with E-state index in [1.165, 1.54) is 28.5 Å². The highest BCUT2D eigenvalue weighted by atomic mass is 16.6. The summed E-state index contributed by atoms with van der Waals surface area (Å²) < 4.78 is 1.90. The lowest BCUT2D eigenvalue weighted by Crippen LogP contribution is -2.42. The smallest absolute Gasteiger partial charge is 0.269 e. The number of hydrogen-bond donors (Lipinski definition) is 2. The van der Waals surface area contributed by atoms with Gasteiger partial charge >= 0.3 is 0 Å². The quantitative estimate of drug-likeness (QED) is 0.225. The van der Waals surface area contributed by atoms with Gasteiger partial charge in [0.15, 0.2) is 0 Å². The van der Waals surface area contributed by atoms with Gasteiger partial charge in [-0.2, -0.15) is 0 Å². The highest BCUT2D eigenvalue weighted by Gasteiger charge is 2.15. The molecule has 4 rings (SSSR count). The number of fused-ring (bicyclic) bond motifs is 1. The van der Waals surface area contributed by atoms with Gasteiger partial charge in [-0.25, -0.2) is 4.98 Å². The molecule has 0 spiro atoms. The molecule has 186 valence electrons. The first kappa shape index (κ1) is 25.1. The van der Waals surface area contributed by atoms with Crippen molar-refractivity contribution in [1.29, 1.82) is 0 Å². The highest BCUT2D eigenvalue weighted by molar-refractivity contribution is 5.85. The van der Waals surface area contributed by atoms with Crippen molar-refractivity contribution in [2.24, 2.45) is 0 Å². The molecule has 1 heterocycles. The van der Waals surface area contributed by atoms with Crippen LogP contribution in [0.25, 0.3) is 10.8 Å². The third-order valence-corrected chi connectivity index (χ3v) is 6.23. The predicted octanol–water partition coefficient (Wildman–Crippen LogP) is 4.61. The average molecular weight is 486 g/mol. The Morgan fingerprint density at radius 2 is 1.86 bits per heavy atom. The second kappa shape index (κ2) is 12.1. The molecule has 0 fully saturated rings. The van der Waals surface area contributed by atoms with Crippen LogP contribution in [0, 0.1) is 10.1 Å². The number of carbonyl (C=O) groups excluding carboxylic acids is 1. The molecule has 1 aromatic heterocycles. The van der Waals surface area contributed by atoms with Gasteiger partial charge in [0.2, 0.25) is 5.91 Å². The first-order valence-corrected chi connectivity index (χ1v) is 12.2. The summed E-state index contributed by atoms with van der Waals surface area (Å²) in [6, 6.07) is 21.1. The maximum Gasteiger partial charge on any atom is 0.269 e. The molecule has 3 aromatic carbocycles. The molecule has 0 saturated carbocycles. The maximum atomic E-state index is 12.9. The lowest BCUT2D eigenvalue weighted by molar-refractivity contribution is -0.384. The molecular weight excluding hydrogens is 454 g/mol. The van der Waals surface area contributed by atoms with Crippen LogP contribution in [0.15, 0.2) is 79.3 Å². The van der Waals surface area contributed by atoms with Crippen LogP contribution in [0.2, 0.25) is 0 Å². The van der Waals surface area contributed by atoms with E-state index in [4.69, 9.17) is 0 Å². The Morgan fingerprint density at radius 1 is 1.08 bits per heavy atom. The molecule has 8 nitrogen and oxygen atoms in total. The van der Waals surface area contributed by atoms with Crippen molar-refractivity contribution in [2.75, 3.05) is 6.54 Å². The fraction of sp³-hybridized carbons (Fsp3) is 0.286. The normalized spacial score (nSPS) is 11.9. The van der Waals surface area contributed by atoms with Gasteiger partial charge in [-0.15, -0.1) is 0 Å². The standard InChI is InChI=1S/C28H31N5O3/c1-2-6-24(17-29-16-23-9-5-8-22-7-3-4-10-27(22)23)31-28(34)15-26-18-30-20-32(26)19-21-11-13-25(14-12-21)33(35)36/h3-5,7-14,18,20,24,29H,2,6,15-17,19H2,1H3,(H,31,34). The summed E-state index contributed by atoms with van der Waals surface area (Å²) in [6.45, 7) is 4.03. The largest absolute Gasteiger partial charge is 0.352 e. The van der Waals surface area contributed by atoms with Crippen LogP contribution < -0.4 is 10.6 Å². The van der Waals surface area contributed by atoms with E-state index in [9.17, 15) is 14.9 Å². The van der Waals surface area contributed by atoms with E-state index < -0.39 is 4.92 Å². The van der Waals surface area contributed by atoms with Crippen molar-refractivity contribution in [2.45, 2.75) is 45.3 Å². The van der Waals surface area contributed by atoms with Crippen molar-refractivity contribution >= 4 is 22.4 Å². The van der Waals surface area contributed by atoms with Crippen LogP contribution in [-0.4, -0.2) is 33.0 Å². The van der Waals surface area contributed by atoms with Crippen molar-refractivity contribution in [3.05, 3.63) is 106 Å². The number of non-ortho nitro benzene ring substituents is 1. The van der Waals surface area contributed by atoms with Crippen LogP contribution in [0.1, 0.15) is 36.6 Å². The Morgan fingerprint density at radius 3 is 2.64 bits per heavy atom. The Bertz CT molecular complexity index is 1310. The SMILES string of the molecule is CCCC(CNCc1cccc2ccccc12)NC(=O)Cc1cncn1Cc1ccc([N+](=O)[O-])cc1. The zero-order chi connectivity index (χ0) is 25.3. The summed E-state index contributed by atoms with van der Waals surface area (Å²) in [5, 5.41) is 20.0. The second-order valence-electron chi connectivity index (χ2n) is 8.94. The molecule has 8 heteroatoms. The van der Waals surface area contributed by atoms with Crippen LogP contribution in [0.4, 0.5) is 5.69 Å². The van der Waals surface area contributed by atoms with Crippen LogP contribution in [-0.2, 0) is 24.3 Å². The fourth-order valence-electron chi connectivity index (χ4n) is 4.40. The van der Waals surface area contributed by atoms with Crippen LogP contribution in [0.5, 0.6) is 0 Å². The number of imidazole rings is 1. The fourth-order valence-corrected chi connectivity index (χ4v) is 4.40. The van der Waals surface area contributed by atoms with Gasteiger partial charge in [0.25, 0.3) is 5.69 Å². The summed E-state index contributed by atoms with van der Waals surface area (Å²) in [5.41, 5.74) is 3.00. The number of hydrogen-bond acceptors (Lipinski definition) is 5. The van der Waals surface area contributed by atoms with Crippen molar-refractivity contribution in [1.82, 2.24) is 20.2 Å². The van der Waals surface area contributed by atoms with Crippen molar-refractivity contribution in [3.63, 3.8) is 0 Å². The number of nitro benzene ring substituents is 1. The van der Waals surface area contributed by atoms with Crippen LogP contribution in [0.3, 0.4) is 0 Å². The molecule has 1 amide bonds. The van der Waals surface area contributed by atoms with E-state index in [0.29, 0.717) is 13.1 Å². The molecule has 0 bridgehead atoms. The summed E-state index contributed by atoms with van der Waals surface area (Å²) in [6.07, 6.45) is 5.45. The number of amides is 1. The summed E-state index contributed by atoms with van der Waals surface area (Å²) in [4.78, 5) is 27.5. The molecule has 0 aliphatic heterocycles. The molecule has 2 N–H and O–H groups in total. The van der Waals surface area contributed by atoms with Gasteiger partial charge in [0.1, 0.15) is 0 Å². The van der Waals surface area contributed by atoms with Crippen molar-refractivity contribution in [3.8, 4) is 0 Å². The molecule has 1 atom stereocenters. The minimum absolute atomic E-state index is 0.0310. The van der Waals surface area contributed by atoms with E-state index in [2.05, 4.69) is 58.9 Å². The van der Waals surface area contributed by atoms with Gasteiger partial charge in [0.05, 0.1) is 17.7 Å². The monoisotopic (exact) mass is 485 g/mol. The number of nitrogens with one attached hydrogen (secondary N) is 2. The molecule has 1 unspecified atom stereocenters. The Kier molecular flexibility index (Phi) is 8.41. The van der Waals surface area contributed by atoms with E-state index >= 15 is 0 Å². The third-order valence-electron chi connectivity index (χ3n) is 6.23. The zero-order valence-electron chi connectivity index (χ0n) is 20.4. The first-order valence-electron chi connectivity index (χ1n) is 12.2. The molecule has 0 aliphatic carbocycles. The number of rotatable bonds is 12. The van der Waals surface area contributed by atoms with Gasteiger partial charge < -0.3 is 15.2 Å².